The minimum Gasteiger partial charge on any atom is -0.352 e. The molecule has 5 heteroatoms. The molecule has 21 heavy (non-hydrogen) atoms. The predicted octanol–water partition coefficient (Wildman–Crippen LogP) is 2.81. The normalized spacial score (nSPS) is 10.1. The molecule has 0 unspecified atom stereocenters. The number of amides is 1. The Bertz CT molecular complexity index is 734. The summed E-state index contributed by atoms with van der Waals surface area (Å²) in [7, 11) is 0. The average molecular weight is 297 g/mol. The number of aryl methyl sites for hydroxylation is 1. The molecule has 0 spiro atoms. The maximum absolute atomic E-state index is 11.6. The van der Waals surface area contributed by atoms with Gasteiger partial charge in [-0.3, -0.25) is 4.79 Å². The highest BCUT2D eigenvalue weighted by molar-refractivity contribution is 8.00. The van der Waals surface area contributed by atoms with E-state index in [2.05, 4.69) is 22.9 Å². The van der Waals surface area contributed by atoms with Gasteiger partial charge in [-0.15, -0.1) is 6.58 Å². The molecule has 1 aromatic carbocycles. The Balaban J connectivity index is 2.26. The van der Waals surface area contributed by atoms with Gasteiger partial charge in [-0.25, -0.2) is 4.98 Å². The van der Waals surface area contributed by atoms with Crippen LogP contribution in [0.3, 0.4) is 0 Å². The Labute approximate surface area is 127 Å². The fourth-order valence-corrected chi connectivity index (χ4v) is 2.68. The molecule has 0 fully saturated rings. The van der Waals surface area contributed by atoms with Gasteiger partial charge in [0.15, 0.2) is 0 Å². The summed E-state index contributed by atoms with van der Waals surface area (Å²) in [5.41, 5.74) is 2.41. The van der Waals surface area contributed by atoms with Crippen LogP contribution in [0.5, 0.6) is 0 Å². The molecule has 4 nitrogen and oxygen atoms in total. The molecule has 0 saturated heterocycles. The quantitative estimate of drug-likeness (QED) is 0.681. The van der Waals surface area contributed by atoms with Crippen molar-refractivity contribution in [1.29, 1.82) is 5.26 Å². The van der Waals surface area contributed by atoms with Crippen LogP contribution in [0.4, 0.5) is 0 Å². The van der Waals surface area contributed by atoms with Crippen molar-refractivity contribution in [2.45, 2.75) is 11.9 Å². The topological polar surface area (TPSA) is 65.8 Å². The van der Waals surface area contributed by atoms with Gasteiger partial charge in [0, 0.05) is 11.9 Å². The third-order valence-corrected chi connectivity index (χ3v) is 3.91. The van der Waals surface area contributed by atoms with Crippen LogP contribution < -0.4 is 5.32 Å². The highest BCUT2D eigenvalue weighted by Crippen LogP contribution is 2.25. The summed E-state index contributed by atoms with van der Waals surface area (Å²) in [6.45, 7) is 5.96. The van der Waals surface area contributed by atoms with E-state index in [1.807, 2.05) is 31.2 Å². The van der Waals surface area contributed by atoms with E-state index in [0.29, 0.717) is 17.1 Å². The first-order chi connectivity index (χ1) is 10.2. The molecule has 1 N–H and O–H groups in total. The zero-order chi connectivity index (χ0) is 15.2. The van der Waals surface area contributed by atoms with Crippen LogP contribution >= 0.6 is 11.8 Å². The number of hydrogen-bond acceptors (Lipinski definition) is 4. The van der Waals surface area contributed by atoms with Crippen LogP contribution in [0.2, 0.25) is 0 Å². The summed E-state index contributed by atoms with van der Waals surface area (Å²) in [5.74, 6) is 0.128. The maximum Gasteiger partial charge on any atom is 0.230 e. The summed E-state index contributed by atoms with van der Waals surface area (Å²) in [6, 6.07) is 9.81. The van der Waals surface area contributed by atoms with Gasteiger partial charge in [-0.05, 0) is 18.6 Å². The molecule has 0 atom stereocenters. The Morgan fingerprint density at radius 1 is 1.57 bits per heavy atom. The zero-order valence-corrected chi connectivity index (χ0v) is 12.5. The Morgan fingerprint density at radius 3 is 3.10 bits per heavy atom. The second-order valence-electron chi connectivity index (χ2n) is 4.48. The standard InChI is InChI=1S/C16H15N3OS/c1-3-7-18-14(20)10-21-16-13(9-17)8-12-6-4-5-11(2)15(12)19-16/h3-6,8H,1,7,10H2,2H3,(H,18,20). The smallest absolute Gasteiger partial charge is 0.230 e. The first-order valence-electron chi connectivity index (χ1n) is 6.46. The first-order valence-corrected chi connectivity index (χ1v) is 7.45. The number of rotatable bonds is 5. The molecule has 2 aromatic rings. The second kappa shape index (κ2) is 6.91. The van der Waals surface area contributed by atoms with E-state index in [1.54, 1.807) is 6.08 Å². The highest BCUT2D eigenvalue weighted by Gasteiger charge is 2.10. The van der Waals surface area contributed by atoms with E-state index in [4.69, 9.17) is 0 Å². The fourth-order valence-electron chi connectivity index (χ4n) is 1.89. The van der Waals surface area contributed by atoms with Gasteiger partial charge >= 0.3 is 0 Å². The number of nitrogens with one attached hydrogen (secondary N) is 1. The minimum atomic E-state index is -0.101. The number of carbonyl (C=O) groups is 1. The van der Waals surface area contributed by atoms with E-state index in [9.17, 15) is 10.1 Å². The van der Waals surface area contributed by atoms with Crippen LogP contribution in [0.25, 0.3) is 10.9 Å². The SMILES string of the molecule is C=CCNC(=O)CSc1nc2c(C)cccc2cc1C#N. The number of carbonyl (C=O) groups excluding carboxylic acids is 1. The third kappa shape index (κ3) is 3.61. The average Bonchev–Trinajstić information content (AvgIpc) is 2.50. The largest absolute Gasteiger partial charge is 0.352 e. The molecular weight excluding hydrogens is 282 g/mol. The Morgan fingerprint density at radius 2 is 2.38 bits per heavy atom. The molecule has 0 aliphatic carbocycles. The summed E-state index contributed by atoms with van der Waals surface area (Å²) < 4.78 is 0. The molecular formula is C16H15N3OS. The van der Waals surface area contributed by atoms with Crippen molar-refractivity contribution in [3.63, 3.8) is 0 Å². The van der Waals surface area contributed by atoms with Gasteiger partial charge in [-0.1, -0.05) is 36.0 Å². The van der Waals surface area contributed by atoms with Crippen molar-refractivity contribution in [1.82, 2.24) is 10.3 Å². The van der Waals surface area contributed by atoms with E-state index in [0.717, 1.165) is 16.5 Å². The number of pyridine rings is 1. The van der Waals surface area contributed by atoms with Crippen LogP contribution in [0, 0.1) is 18.3 Å². The first kappa shape index (κ1) is 15.1. The van der Waals surface area contributed by atoms with Crippen LogP contribution in [-0.2, 0) is 4.79 Å². The van der Waals surface area contributed by atoms with Crippen LogP contribution in [-0.4, -0.2) is 23.2 Å². The molecule has 1 amide bonds. The van der Waals surface area contributed by atoms with Gasteiger partial charge in [0.25, 0.3) is 0 Å². The lowest BCUT2D eigenvalue weighted by molar-refractivity contribution is -0.118. The van der Waals surface area contributed by atoms with Crippen molar-refractivity contribution < 1.29 is 4.79 Å². The molecule has 1 aromatic heterocycles. The number of nitrogens with zero attached hydrogens (tertiary/aromatic N) is 2. The molecule has 1 heterocycles. The number of benzene rings is 1. The molecule has 0 bridgehead atoms. The van der Waals surface area contributed by atoms with Crippen molar-refractivity contribution in [3.05, 3.63) is 48.0 Å². The molecule has 0 radical (unpaired) electrons. The van der Waals surface area contributed by atoms with Gasteiger partial charge < -0.3 is 5.32 Å². The van der Waals surface area contributed by atoms with Crippen LogP contribution in [0.1, 0.15) is 11.1 Å². The lowest BCUT2D eigenvalue weighted by Crippen LogP contribution is -2.25. The Kier molecular flexibility index (Phi) is 4.96. The lowest BCUT2D eigenvalue weighted by Gasteiger charge is -2.07. The Hall–Kier alpha value is -2.32. The molecule has 0 aliphatic heterocycles. The molecule has 2 rings (SSSR count). The van der Waals surface area contributed by atoms with E-state index in [1.165, 1.54) is 11.8 Å². The summed E-state index contributed by atoms with van der Waals surface area (Å²) >= 11 is 1.27. The van der Waals surface area contributed by atoms with Gasteiger partial charge in [0.1, 0.15) is 11.1 Å². The van der Waals surface area contributed by atoms with Crippen molar-refractivity contribution in [3.8, 4) is 6.07 Å². The third-order valence-electron chi connectivity index (χ3n) is 2.92. The van der Waals surface area contributed by atoms with Gasteiger partial charge in [0.2, 0.25) is 5.91 Å². The minimum absolute atomic E-state index is 0.101. The maximum atomic E-state index is 11.6. The fraction of sp³-hybridized carbons (Fsp3) is 0.188. The van der Waals surface area contributed by atoms with E-state index in [-0.39, 0.29) is 11.7 Å². The number of hydrogen-bond donors (Lipinski definition) is 1. The van der Waals surface area contributed by atoms with Gasteiger partial charge in [-0.2, -0.15) is 5.26 Å². The second-order valence-corrected chi connectivity index (χ2v) is 5.44. The number of thioether (sulfide) groups is 1. The number of aromatic nitrogens is 1. The number of nitriles is 1. The monoisotopic (exact) mass is 297 g/mol. The van der Waals surface area contributed by atoms with E-state index >= 15 is 0 Å². The van der Waals surface area contributed by atoms with E-state index < -0.39 is 0 Å². The molecule has 0 aliphatic rings. The van der Waals surface area contributed by atoms with Gasteiger partial charge in [0.05, 0.1) is 16.8 Å². The molecule has 0 saturated carbocycles. The highest BCUT2D eigenvalue weighted by atomic mass is 32.2. The number of para-hydroxylation sites is 1. The van der Waals surface area contributed by atoms with Crippen molar-refractivity contribution in [2.75, 3.05) is 12.3 Å². The van der Waals surface area contributed by atoms with Crippen molar-refractivity contribution in [2.24, 2.45) is 0 Å². The predicted molar refractivity (Wildman–Crippen MR) is 85.1 cm³/mol. The summed E-state index contributed by atoms with van der Waals surface area (Å²) in [4.78, 5) is 16.2. The lowest BCUT2D eigenvalue weighted by atomic mass is 10.1. The summed E-state index contributed by atoms with van der Waals surface area (Å²) in [5, 5.41) is 13.5. The van der Waals surface area contributed by atoms with Crippen LogP contribution in [0.15, 0.2) is 41.9 Å². The molecule has 106 valence electrons. The zero-order valence-electron chi connectivity index (χ0n) is 11.7. The summed E-state index contributed by atoms with van der Waals surface area (Å²) in [6.07, 6.45) is 1.63. The number of fused-ring (bicyclic) bond motifs is 1. The van der Waals surface area contributed by atoms with Crippen molar-refractivity contribution >= 4 is 28.6 Å².